The van der Waals surface area contributed by atoms with Crippen LogP contribution in [-0.2, 0) is 21.2 Å². The number of aromatic nitrogens is 1. The van der Waals surface area contributed by atoms with E-state index < -0.39 is 10.0 Å². The molecule has 8 heteroatoms. The Hall–Kier alpha value is -2.68. The normalized spacial score (nSPS) is 16.7. The minimum absolute atomic E-state index is 0.0676. The zero-order valence-electron chi connectivity index (χ0n) is 16.6. The van der Waals surface area contributed by atoms with Crippen molar-refractivity contribution >= 4 is 26.8 Å². The molecule has 0 spiro atoms. The van der Waals surface area contributed by atoms with Crippen LogP contribution in [0.2, 0.25) is 0 Å². The van der Waals surface area contributed by atoms with Crippen LogP contribution in [0.3, 0.4) is 0 Å². The van der Waals surface area contributed by atoms with Gasteiger partial charge in [-0.3, -0.25) is 4.79 Å². The highest BCUT2D eigenvalue weighted by Gasteiger charge is 2.20. The maximum Gasteiger partial charge on any atom is 0.251 e. The second-order valence-electron chi connectivity index (χ2n) is 7.38. The fraction of sp³-hybridized carbons (Fsp3) is 0.318. The zero-order chi connectivity index (χ0) is 21.0. The number of aromatic amines is 1. The fourth-order valence-corrected chi connectivity index (χ4v) is 4.69. The SMILES string of the molecule is O=C(NCCc1c[nH]c2ccccc12)c1ccc(S(=O)(=O)NC[C@@H]2CCCO2)cc1. The number of para-hydroxylation sites is 1. The molecule has 2 heterocycles. The monoisotopic (exact) mass is 427 g/mol. The summed E-state index contributed by atoms with van der Waals surface area (Å²) in [6, 6.07) is 14.0. The van der Waals surface area contributed by atoms with Crippen LogP contribution < -0.4 is 10.0 Å². The second-order valence-corrected chi connectivity index (χ2v) is 9.14. The summed E-state index contributed by atoms with van der Waals surface area (Å²) in [4.78, 5) is 15.8. The van der Waals surface area contributed by atoms with E-state index in [4.69, 9.17) is 4.74 Å². The summed E-state index contributed by atoms with van der Waals surface area (Å²) < 4.78 is 32.8. The van der Waals surface area contributed by atoms with Gasteiger partial charge in [0, 0.05) is 42.4 Å². The van der Waals surface area contributed by atoms with Crippen molar-refractivity contribution in [3.8, 4) is 0 Å². The number of carbonyl (C=O) groups is 1. The quantitative estimate of drug-likeness (QED) is 0.514. The van der Waals surface area contributed by atoms with Crippen molar-refractivity contribution in [2.45, 2.75) is 30.3 Å². The van der Waals surface area contributed by atoms with E-state index in [9.17, 15) is 13.2 Å². The van der Waals surface area contributed by atoms with Gasteiger partial charge in [-0.2, -0.15) is 0 Å². The third-order valence-electron chi connectivity index (χ3n) is 5.31. The minimum Gasteiger partial charge on any atom is -0.377 e. The number of carbonyl (C=O) groups excluding carboxylic acids is 1. The molecule has 1 aliphatic heterocycles. The summed E-state index contributed by atoms with van der Waals surface area (Å²) >= 11 is 0. The average molecular weight is 428 g/mol. The summed E-state index contributed by atoms with van der Waals surface area (Å²) in [5.41, 5.74) is 2.64. The van der Waals surface area contributed by atoms with Crippen molar-refractivity contribution in [1.29, 1.82) is 0 Å². The number of H-pyrrole nitrogens is 1. The smallest absolute Gasteiger partial charge is 0.251 e. The van der Waals surface area contributed by atoms with E-state index in [0.717, 1.165) is 29.3 Å². The van der Waals surface area contributed by atoms with Gasteiger partial charge in [0.1, 0.15) is 0 Å². The summed E-state index contributed by atoms with van der Waals surface area (Å²) in [5.74, 6) is -0.230. The topological polar surface area (TPSA) is 100 Å². The third-order valence-corrected chi connectivity index (χ3v) is 6.75. The first-order chi connectivity index (χ1) is 14.5. The van der Waals surface area contributed by atoms with Crippen LogP contribution in [0.25, 0.3) is 10.9 Å². The molecular weight excluding hydrogens is 402 g/mol. The number of fused-ring (bicyclic) bond motifs is 1. The molecule has 0 bridgehead atoms. The van der Waals surface area contributed by atoms with Gasteiger partial charge in [0.15, 0.2) is 0 Å². The van der Waals surface area contributed by atoms with E-state index >= 15 is 0 Å². The fourth-order valence-electron chi connectivity index (χ4n) is 3.63. The lowest BCUT2D eigenvalue weighted by atomic mass is 10.1. The van der Waals surface area contributed by atoms with Gasteiger partial charge in [0.05, 0.1) is 11.0 Å². The summed E-state index contributed by atoms with van der Waals surface area (Å²) in [5, 5.41) is 4.04. The summed E-state index contributed by atoms with van der Waals surface area (Å²) in [6.45, 7) is 1.43. The Labute approximate surface area is 175 Å². The van der Waals surface area contributed by atoms with Gasteiger partial charge in [-0.15, -0.1) is 0 Å². The minimum atomic E-state index is -3.62. The van der Waals surface area contributed by atoms with Gasteiger partial charge in [0.2, 0.25) is 10.0 Å². The maximum atomic E-state index is 12.4. The largest absolute Gasteiger partial charge is 0.377 e. The van der Waals surface area contributed by atoms with Crippen LogP contribution in [0.4, 0.5) is 0 Å². The summed E-state index contributed by atoms with van der Waals surface area (Å²) in [7, 11) is -3.62. The van der Waals surface area contributed by atoms with Crippen molar-refractivity contribution in [3.05, 3.63) is 65.9 Å². The maximum absolute atomic E-state index is 12.4. The molecule has 1 aromatic heterocycles. The van der Waals surface area contributed by atoms with Crippen LogP contribution in [0.5, 0.6) is 0 Å². The van der Waals surface area contributed by atoms with Gasteiger partial charge >= 0.3 is 0 Å². The lowest BCUT2D eigenvalue weighted by Gasteiger charge is -2.11. The first-order valence-electron chi connectivity index (χ1n) is 10.1. The van der Waals surface area contributed by atoms with Crippen LogP contribution in [-0.4, -0.2) is 45.1 Å². The van der Waals surface area contributed by atoms with Crippen molar-refractivity contribution in [2.24, 2.45) is 0 Å². The molecule has 1 saturated heterocycles. The highest BCUT2D eigenvalue weighted by molar-refractivity contribution is 7.89. The molecule has 1 amide bonds. The number of nitrogens with one attached hydrogen (secondary N) is 3. The van der Waals surface area contributed by atoms with E-state index in [0.29, 0.717) is 25.1 Å². The van der Waals surface area contributed by atoms with Gasteiger partial charge in [-0.05, 0) is 55.2 Å². The Bertz CT molecular complexity index is 1120. The first kappa shape index (κ1) is 20.6. The molecule has 4 rings (SSSR count). The Morgan fingerprint density at radius 3 is 2.70 bits per heavy atom. The molecule has 3 N–H and O–H groups in total. The third kappa shape index (κ3) is 4.72. The lowest BCUT2D eigenvalue weighted by molar-refractivity contribution is 0.0954. The number of rotatable bonds is 8. The van der Waals surface area contributed by atoms with Crippen molar-refractivity contribution in [2.75, 3.05) is 19.7 Å². The number of benzene rings is 2. The Morgan fingerprint density at radius 1 is 1.13 bits per heavy atom. The van der Waals surface area contributed by atoms with E-state index in [2.05, 4.69) is 21.1 Å². The molecule has 0 unspecified atom stereocenters. The second kappa shape index (κ2) is 8.99. The number of ether oxygens (including phenoxy) is 1. The van der Waals surface area contributed by atoms with Crippen molar-refractivity contribution in [1.82, 2.24) is 15.0 Å². The molecule has 1 aliphatic rings. The van der Waals surface area contributed by atoms with E-state index in [-0.39, 0.29) is 23.5 Å². The molecule has 0 saturated carbocycles. The Morgan fingerprint density at radius 2 is 1.93 bits per heavy atom. The van der Waals surface area contributed by atoms with E-state index in [1.807, 2.05) is 24.4 Å². The van der Waals surface area contributed by atoms with Crippen LogP contribution >= 0.6 is 0 Å². The van der Waals surface area contributed by atoms with Gasteiger partial charge in [0.25, 0.3) is 5.91 Å². The first-order valence-corrected chi connectivity index (χ1v) is 11.6. The highest BCUT2D eigenvalue weighted by Crippen LogP contribution is 2.18. The number of hydrogen-bond acceptors (Lipinski definition) is 4. The van der Waals surface area contributed by atoms with Crippen LogP contribution in [0.15, 0.2) is 59.6 Å². The molecular formula is C22H25N3O4S. The molecule has 0 radical (unpaired) electrons. The van der Waals surface area contributed by atoms with Crippen molar-refractivity contribution in [3.63, 3.8) is 0 Å². The highest BCUT2D eigenvalue weighted by atomic mass is 32.2. The molecule has 1 atom stereocenters. The van der Waals surface area contributed by atoms with Gasteiger partial charge in [-0.1, -0.05) is 18.2 Å². The summed E-state index contributed by atoms with van der Waals surface area (Å²) in [6.07, 6.45) is 4.41. The molecule has 2 aromatic carbocycles. The molecule has 3 aromatic rings. The number of sulfonamides is 1. The zero-order valence-corrected chi connectivity index (χ0v) is 17.4. The molecule has 0 aliphatic carbocycles. The molecule has 1 fully saturated rings. The van der Waals surface area contributed by atoms with Gasteiger partial charge < -0.3 is 15.0 Å². The molecule has 7 nitrogen and oxygen atoms in total. The van der Waals surface area contributed by atoms with E-state index in [1.165, 1.54) is 24.3 Å². The molecule has 158 valence electrons. The Kier molecular flexibility index (Phi) is 6.17. The van der Waals surface area contributed by atoms with E-state index in [1.54, 1.807) is 0 Å². The van der Waals surface area contributed by atoms with Crippen LogP contribution in [0, 0.1) is 0 Å². The van der Waals surface area contributed by atoms with Crippen LogP contribution in [0.1, 0.15) is 28.8 Å². The number of amides is 1. The lowest BCUT2D eigenvalue weighted by Crippen LogP contribution is -2.32. The number of hydrogen-bond donors (Lipinski definition) is 3. The Balaban J connectivity index is 1.31. The molecule has 30 heavy (non-hydrogen) atoms. The van der Waals surface area contributed by atoms with Gasteiger partial charge in [-0.25, -0.2) is 13.1 Å². The average Bonchev–Trinajstić information content (AvgIpc) is 3.43. The van der Waals surface area contributed by atoms with Crippen molar-refractivity contribution < 1.29 is 17.9 Å². The standard InChI is InChI=1S/C22H25N3O4S/c26-22(23-12-11-17-14-24-21-6-2-1-5-20(17)21)16-7-9-19(10-8-16)30(27,28)25-15-18-4-3-13-29-18/h1-2,5-10,14,18,24-25H,3-4,11-13,15H2,(H,23,26)/t18-/m0/s1. The predicted molar refractivity (Wildman–Crippen MR) is 115 cm³/mol. The predicted octanol–water partition coefficient (Wildman–Crippen LogP) is 2.60.